The molecule has 2 aliphatic rings. The van der Waals surface area contributed by atoms with Gasteiger partial charge in [-0.2, -0.15) is 0 Å². The number of likely N-dealkylation sites (N-methyl/N-ethyl adjacent to an activating group) is 1. The Balaban J connectivity index is 1.61. The highest BCUT2D eigenvalue weighted by atomic mass is 35.5. The van der Waals surface area contributed by atoms with Crippen LogP contribution in [0.4, 0.5) is 9.59 Å². The van der Waals surface area contributed by atoms with Crippen LogP contribution < -0.4 is 21.7 Å². The Morgan fingerprint density at radius 1 is 1.30 bits per heavy atom. The molecule has 0 radical (unpaired) electrons. The Hall–Kier alpha value is -2.11. The zero-order valence-corrected chi connectivity index (χ0v) is 22.7. The number of ether oxygens (including phenoxy) is 3. The number of nitrogens with zero attached hydrogens (tertiary/aromatic N) is 1. The molecule has 37 heavy (non-hydrogen) atoms. The molecule has 3 rings (SSSR count). The van der Waals surface area contributed by atoms with E-state index in [1.165, 1.54) is 7.11 Å². The highest BCUT2D eigenvalue weighted by molar-refractivity contribution is 6.30. The standard InChI is InChI=1S/C26H42ClN5O5/c1-29-23(14-19-6-5-12-36-18-19)16-31-24(33)32-11-4-8-21(17-32)26(28,20-7-3-9-22(27)15-20)37-13-10-30-25(34)35-2/h3,7,9,15,19,21,23,29H,4-6,8,10-14,16-18,28H2,1-2H3,(H,30,34)(H,31,33)/t19-,21-,23+,26+/m1/s1. The average molecular weight is 540 g/mol. The summed E-state index contributed by atoms with van der Waals surface area (Å²) in [6, 6.07) is 7.36. The molecule has 0 bridgehead atoms. The Morgan fingerprint density at radius 2 is 2.14 bits per heavy atom. The number of halogens is 1. The summed E-state index contributed by atoms with van der Waals surface area (Å²) in [5.41, 5.74) is 6.46. The van der Waals surface area contributed by atoms with E-state index in [0.29, 0.717) is 30.6 Å². The zero-order valence-electron chi connectivity index (χ0n) is 22.0. The second-order valence-corrected chi connectivity index (χ2v) is 10.3. The lowest BCUT2D eigenvalue weighted by Crippen LogP contribution is -2.56. The lowest BCUT2D eigenvalue weighted by atomic mass is 9.83. The molecule has 0 unspecified atom stereocenters. The van der Waals surface area contributed by atoms with Crippen LogP contribution in [0.25, 0.3) is 0 Å². The van der Waals surface area contributed by atoms with Crippen molar-refractivity contribution in [2.45, 2.75) is 43.9 Å². The Labute approximate surface area is 224 Å². The minimum absolute atomic E-state index is 0.106. The molecular formula is C26H42ClN5O5. The molecule has 208 valence electrons. The quantitative estimate of drug-likeness (QED) is 0.251. The number of hydrogen-bond donors (Lipinski definition) is 4. The lowest BCUT2D eigenvalue weighted by molar-refractivity contribution is -0.102. The van der Waals surface area contributed by atoms with Gasteiger partial charge in [0.1, 0.15) is 5.72 Å². The molecule has 0 saturated carbocycles. The van der Waals surface area contributed by atoms with Crippen LogP contribution in [0.3, 0.4) is 0 Å². The number of carbonyl (C=O) groups is 2. The van der Waals surface area contributed by atoms with Gasteiger partial charge in [0.25, 0.3) is 0 Å². The van der Waals surface area contributed by atoms with Crippen LogP contribution in [-0.4, -0.2) is 83.2 Å². The maximum atomic E-state index is 13.1. The fourth-order valence-electron chi connectivity index (χ4n) is 5.15. The van der Waals surface area contributed by atoms with Crippen LogP contribution in [0, 0.1) is 11.8 Å². The maximum Gasteiger partial charge on any atom is 0.406 e. The van der Waals surface area contributed by atoms with Gasteiger partial charge in [0.15, 0.2) is 0 Å². The number of rotatable bonds is 11. The number of nitrogens with one attached hydrogen (secondary N) is 3. The van der Waals surface area contributed by atoms with Crippen molar-refractivity contribution in [2.24, 2.45) is 17.6 Å². The molecule has 11 heteroatoms. The van der Waals surface area contributed by atoms with Gasteiger partial charge in [-0.05, 0) is 57.2 Å². The summed E-state index contributed by atoms with van der Waals surface area (Å²) in [6.45, 7) is 3.69. The SMILES string of the molecule is CN[C@H](CNC(=O)N1CCC[C@@H]([C@@](N)(OCCNC(=O)OC)c2cccc(Cl)c2)C1)C[C@H]1CCCOC1. The molecule has 2 aliphatic heterocycles. The minimum atomic E-state index is -1.18. The highest BCUT2D eigenvalue weighted by Crippen LogP contribution is 2.35. The number of alkyl carbamates (subject to hydrolysis) is 1. The summed E-state index contributed by atoms with van der Waals surface area (Å²) < 4.78 is 16.4. The smallest absolute Gasteiger partial charge is 0.406 e. The molecule has 5 N–H and O–H groups in total. The van der Waals surface area contributed by atoms with E-state index >= 15 is 0 Å². The van der Waals surface area contributed by atoms with Crippen molar-refractivity contribution >= 4 is 23.7 Å². The van der Waals surface area contributed by atoms with Gasteiger partial charge in [-0.15, -0.1) is 0 Å². The first-order chi connectivity index (χ1) is 17.9. The summed E-state index contributed by atoms with van der Waals surface area (Å²) in [5, 5.41) is 9.59. The van der Waals surface area contributed by atoms with Gasteiger partial charge in [-0.3, -0.25) is 5.73 Å². The molecule has 1 aromatic rings. The molecule has 2 saturated heterocycles. The molecule has 0 aliphatic carbocycles. The van der Waals surface area contributed by atoms with E-state index in [0.717, 1.165) is 50.9 Å². The summed E-state index contributed by atoms with van der Waals surface area (Å²) in [7, 11) is 3.23. The minimum Gasteiger partial charge on any atom is -0.453 e. The van der Waals surface area contributed by atoms with Gasteiger partial charge in [-0.25, -0.2) is 9.59 Å². The molecule has 4 atom stereocenters. The van der Waals surface area contributed by atoms with E-state index in [-0.39, 0.29) is 31.1 Å². The predicted molar refractivity (Wildman–Crippen MR) is 142 cm³/mol. The number of carbonyl (C=O) groups excluding carboxylic acids is 2. The van der Waals surface area contributed by atoms with Gasteiger partial charge in [-0.1, -0.05) is 23.7 Å². The van der Waals surface area contributed by atoms with E-state index in [9.17, 15) is 9.59 Å². The van der Waals surface area contributed by atoms with Crippen LogP contribution in [0.15, 0.2) is 24.3 Å². The number of methoxy groups -OCH3 is 1. The van der Waals surface area contributed by atoms with Crippen molar-refractivity contribution in [2.75, 3.05) is 60.2 Å². The Morgan fingerprint density at radius 3 is 2.84 bits per heavy atom. The average Bonchev–Trinajstić information content (AvgIpc) is 2.93. The van der Waals surface area contributed by atoms with E-state index in [2.05, 4.69) is 20.7 Å². The third kappa shape index (κ3) is 8.71. The second kappa shape index (κ2) is 14.7. The monoisotopic (exact) mass is 539 g/mol. The normalized spacial score (nSPS) is 22.5. The maximum absolute atomic E-state index is 13.1. The first-order valence-corrected chi connectivity index (χ1v) is 13.5. The summed E-state index contributed by atoms with van der Waals surface area (Å²) in [4.78, 5) is 26.4. The fraction of sp³-hybridized carbons (Fsp3) is 0.692. The van der Waals surface area contributed by atoms with E-state index < -0.39 is 11.8 Å². The number of benzene rings is 1. The van der Waals surface area contributed by atoms with Gasteiger partial charge >= 0.3 is 12.1 Å². The Kier molecular flexibility index (Phi) is 11.7. The topological polar surface area (TPSA) is 127 Å². The number of amides is 3. The molecule has 10 nitrogen and oxygen atoms in total. The third-order valence-electron chi connectivity index (χ3n) is 7.27. The molecule has 1 aromatic carbocycles. The van der Waals surface area contributed by atoms with Crippen LogP contribution >= 0.6 is 11.6 Å². The summed E-state index contributed by atoms with van der Waals surface area (Å²) in [6.07, 6.45) is 4.28. The Bertz CT molecular complexity index is 872. The van der Waals surface area contributed by atoms with Gasteiger partial charge < -0.3 is 35.1 Å². The molecule has 3 amide bonds. The van der Waals surface area contributed by atoms with Gasteiger partial charge in [0.2, 0.25) is 0 Å². The largest absolute Gasteiger partial charge is 0.453 e. The second-order valence-electron chi connectivity index (χ2n) is 9.85. The summed E-state index contributed by atoms with van der Waals surface area (Å²) in [5.74, 6) is 0.354. The lowest BCUT2D eigenvalue weighted by Gasteiger charge is -2.43. The third-order valence-corrected chi connectivity index (χ3v) is 7.50. The fourth-order valence-corrected chi connectivity index (χ4v) is 5.34. The van der Waals surface area contributed by atoms with Gasteiger partial charge in [0, 0.05) is 61.9 Å². The molecular weight excluding hydrogens is 498 g/mol. The van der Waals surface area contributed by atoms with Crippen molar-refractivity contribution in [3.05, 3.63) is 34.9 Å². The van der Waals surface area contributed by atoms with Crippen molar-refractivity contribution in [1.82, 2.24) is 20.9 Å². The number of piperidine rings is 1. The van der Waals surface area contributed by atoms with Crippen molar-refractivity contribution in [3.63, 3.8) is 0 Å². The number of hydrogen-bond acceptors (Lipinski definition) is 7. The van der Waals surface area contributed by atoms with E-state index in [1.807, 2.05) is 24.1 Å². The molecule has 2 fully saturated rings. The summed E-state index contributed by atoms with van der Waals surface area (Å²) >= 11 is 6.27. The zero-order chi connectivity index (χ0) is 26.7. The van der Waals surface area contributed by atoms with Crippen LogP contribution in [0.5, 0.6) is 0 Å². The van der Waals surface area contributed by atoms with Crippen molar-refractivity contribution in [3.8, 4) is 0 Å². The molecule has 0 spiro atoms. The van der Waals surface area contributed by atoms with Crippen LogP contribution in [0.1, 0.15) is 37.7 Å². The van der Waals surface area contributed by atoms with Gasteiger partial charge in [0.05, 0.1) is 13.7 Å². The number of likely N-dealkylation sites (tertiary alicyclic amines) is 1. The van der Waals surface area contributed by atoms with Crippen LogP contribution in [0.2, 0.25) is 5.02 Å². The predicted octanol–water partition coefficient (Wildman–Crippen LogP) is 2.65. The first kappa shape index (κ1) is 29.4. The first-order valence-electron chi connectivity index (χ1n) is 13.1. The van der Waals surface area contributed by atoms with E-state index in [4.69, 9.17) is 26.8 Å². The van der Waals surface area contributed by atoms with Crippen LogP contribution in [-0.2, 0) is 19.9 Å². The van der Waals surface area contributed by atoms with Crippen molar-refractivity contribution in [1.29, 1.82) is 0 Å². The molecule has 2 heterocycles. The number of nitrogens with two attached hydrogens (primary N) is 1. The van der Waals surface area contributed by atoms with E-state index in [1.54, 1.807) is 12.1 Å². The van der Waals surface area contributed by atoms with Crippen molar-refractivity contribution < 1.29 is 23.8 Å². The number of urea groups is 1. The highest BCUT2D eigenvalue weighted by Gasteiger charge is 2.41. The molecule has 0 aromatic heterocycles.